The van der Waals surface area contributed by atoms with Crippen LogP contribution in [0, 0.1) is 6.92 Å². The fourth-order valence-electron chi connectivity index (χ4n) is 5.24. The van der Waals surface area contributed by atoms with Gasteiger partial charge in [-0.15, -0.1) is 0 Å². The minimum absolute atomic E-state index is 0.480. The van der Waals surface area contributed by atoms with Crippen molar-refractivity contribution < 1.29 is 0 Å². The number of aromatic nitrogens is 3. The average Bonchev–Trinajstić information content (AvgIpc) is 3.11. The minimum atomic E-state index is 0.480. The quantitative estimate of drug-likeness (QED) is 0.559. The first kappa shape index (κ1) is 20.9. The number of aryl methyl sites for hydroxylation is 1. The Labute approximate surface area is 190 Å². The van der Waals surface area contributed by atoms with Crippen LogP contribution in [0.4, 0.5) is 0 Å². The largest absolute Gasteiger partial charge is 0.299 e. The third-order valence-electron chi connectivity index (χ3n) is 6.92. The standard InChI is InChI=1S/C25H32ClN5/c1-19-23(18-29-13-3-2-4-14-29)25-27-12-11-24(31(25)28-19)21-6-5-15-30(17-21)16-20-7-9-22(26)10-8-20/h7-12,21H,2-6,13-18H2,1H3. The highest BCUT2D eigenvalue weighted by molar-refractivity contribution is 6.30. The molecule has 0 amide bonds. The number of halogens is 1. The number of piperidine rings is 2. The molecule has 5 nitrogen and oxygen atoms in total. The van der Waals surface area contributed by atoms with E-state index >= 15 is 0 Å². The van der Waals surface area contributed by atoms with Crippen LogP contribution in [0.25, 0.3) is 5.65 Å². The highest BCUT2D eigenvalue weighted by Gasteiger charge is 2.25. The predicted octanol–water partition coefficient (Wildman–Crippen LogP) is 5.06. The summed E-state index contributed by atoms with van der Waals surface area (Å²) < 4.78 is 2.14. The first-order valence-corrected chi connectivity index (χ1v) is 12.1. The smallest absolute Gasteiger partial charge is 0.160 e. The van der Waals surface area contributed by atoms with E-state index in [0.29, 0.717) is 5.92 Å². The van der Waals surface area contributed by atoms with Crippen LogP contribution >= 0.6 is 11.6 Å². The maximum atomic E-state index is 6.06. The highest BCUT2D eigenvalue weighted by atomic mass is 35.5. The molecule has 2 saturated heterocycles. The van der Waals surface area contributed by atoms with Gasteiger partial charge < -0.3 is 0 Å². The van der Waals surface area contributed by atoms with E-state index in [4.69, 9.17) is 21.7 Å². The van der Waals surface area contributed by atoms with E-state index < -0.39 is 0 Å². The number of benzene rings is 1. The summed E-state index contributed by atoms with van der Waals surface area (Å²) >= 11 is 6.06. The van der Waals surface area contributed by atoms with Gasteiger partial charge in [0.15, 0.2) is 5.65 Å². The Morgan fingerprint density at radius 1 is 0.935 bits per heavy atom. The van der Waals surface area contributed by atoms with Crippen molar-refractivity contribution >= 4 is 17.2 Å². The second-order valence-corrected chi connectivity index (χ2v) is 9.64. The van der Waals surface area contributed by atoms with Crippen molar-refractivity contribution in [3.8, 4) is 0 Å². The lowest BCUT2D eigenvalue weighted by atomic mass is 9.94. The van der Waals surface area contributed by atoms with Gasteiger partial charge in [0, 0.05) is 42.3 Å². The van der Waals surface area contributed by atoms with Crippen molar-refractivity contribution in [2.75, 3.05) is 26.2 Å². The van der Waals surface area contributed by atoms with Crippen LogP contribution < -0.4 is 0 Å². The maximum absolute atomic E-state index is 6.06. The Hall–Kier alpha value is -1.95. The SMILES string of the molecule is Cc1nn2c(C3CCCN(Cc4ccc(Cl)cc4)C3)ccnc2c1CN1CCCCC1. The second kappa shape index (κ2) is 9.27. The van der Waals surface area contributed by atoms with Gasteiger partial charge in [-0.25, -0.2) is 9.50 Å². The van der Waals surface area contributed by atoms with Crippen LogP contribution in [-0.4, -0.2) is 50.6 Å². The topological polar surface area (TPSA) is 36.7 Å². The van der Waals surface area contributed by atoms with Gasteiger partial charge in [0.2, 0.25) is 0 Å². The summed E-state index contributed by atoms with van der Waals surface area (Å²) in [5.74, 6) is 0.480. The lowest BCUT2D eigenvalue weighted by Crippen LogP contribution is -2.34. The van der Waals surface area contributed by atoms with E-state index in [-0.39, 0.29) is 0 Å². The lowest BCUT2D eigenvalue weighted by Gasteiger charge is -2.33. The summed E-state index contributed by atoms with van der Waals surface area (Å²) in [6, 6.07) is 10.4. The number of hydrogen-bond donors (Lipinski definition) is 0. The first-order valence-electron chi connectivity index (χ1n) is 11.7. The zero-order chi connectivity index (χ0) is 21.2. The Balaban J connectivity index is 1.36. The summed E-state index contributed by atoms with van der Waals surface area (Å²) in [5, 5.41) is 5.77. The molecule has 0 saturated carbocycles. The molecule has 6 heteroatoms. The first-order chi connectivity index (χ1) is 15.2. The van der Waals surface area contributed by atoms with E-state index in [9.17, 15) is 0 Å². The molecule has 164 valence electrons. The number of rotatable bonds is 5. The molecule has 2 aliphatic heterocycles. The molecule has 4 heterocycles. The molecule has 1 aromatic carbocycles. The minimum Gasteiger partial charge on any atom is -0.299 e. The number of hydrogen-bond acceptors (Lipinski definition) is 4. The van der Waals surface area contributed by atoms with Gasteiger partial charge in [0.1, 0.15) is 0 Å². The zero-order valence-electron chi connectivity index (χ0n) is 18.4. The molecule has 0 bridgehead atoms. The lowest BCUT2D eigenvalue weighted by molar-refractivity contribution is 0.197. The van der Waals surface area contributed by atoms with Crippen molar-refractivity contribution in [3.05, 3.63) is 64.1 Å². The molecule has 2 fully saturated rings. The molecule has 2 aromatic heterocycles. The van der Waals surface area contributed by atoms with Crippen LogP contribution in [0.5, 0.6) is 0 Å². The molecule has 3 aromatic rings. The van der Waals surface area contributed by atoms with Crippen molar-refractivity contribution in [2.24, 2.45) is 0 Å². The summed E-state index contributed by atoms with van der Waals surface area (Å²) in [4.78, 5) is 9.90. The van der Waals surface area contributed by atoms with Crippen LogP contribution in [-0.2, 0) is 13.1 Å². The van der Waals surface area contributed by atoms with Gasteiger partial charge in [-0.2, -0.15) is 5.10 Å². The molecular formula is C25H32ClN5. The van der Waals surface area contributed by atoms with Gasteiger partial charge in [-0.05, 0) is 76.0 Å². The maximum Gasteiger partial charge on any atom is 0.160 e. The monoisotopic (exact) mass is 437 g/mol. The Morgan fingerprint density at radius 2 is 1.71 bits per heavy atom. The molecular weight excluding hydrogens is 406 g/mol. The van der Waals surface area contributed by atoms with Crippen LogP contribution in [0.1, 0.15) is 60.5 Å². The number of nitrogens with zero attached hydrogens (tertiary/aromatic N) is 5. The third kappa shape index (κ3) is 4.64. The van der Waals surface area contributed by atoms with Crippen molar-refractivity contribution in [3.63, 3.8) is 0 Å². The molecule has 1 atom stereocenters. The molecule has 0 radical (unpaired) electrons. The van der Waals surface area contributed by atoms with Gasteiger partial charge >= 0.3 is 0 Å². The zero-order valence-corrected chi connectivity index (χ0v) is 19.2. The Morgan fingerprint density at radius 3 is 2.52 bits per heavy atom. The Bertz CT molecular complexity index is 1020. The summed E-state index contributed by atoms with van der Waals surface area (Å²) in [6.07, 6.45) is 8.38. The summed E-state index contributed by atoms with van der Waals surface area (Å²) in [5.41, 5.74) is 6.11. The van der Waals surface area contributed by atoms with Gasteiger partial charge in [0.25, 0.3) is 0 Å². The fraction of sp³-hybridized carbons (Fsp3) is 0.520. The summed E-state index contributed by atoms with van der Waals surface area (Å²) in [6.45, 7) is 8.68. The highest BCUT2D eigenvalue weighted by Crippen LogP contribution is 2.29. The van der Waals surface area contributed by atoms with Crippen LogP contribution in [0.2, 0.25) is 5.02 Å². The molecule has 1 unspecified atom stereocenters. The average molecular weight is 438 g/mol. The van der Waals surface area contributed by atoms with E-state index in [2.05, 4.69) is 39.4 Å². The molecule has 0 N–H and O–H groups in total. The number of fused-ring (bicyclic) bond motifs is 1. The van der Waals surface area contributed by atoms with E-state index in [1.807, 2.05) is 18.3 Å². The van der Waals surface area contributed by atoms with Crippen LogP contribution in [0.3, 0.4) is 0 Å². The van der Waals surface area contributed by atoms with E-state index in [1.165, 1.54) is 62.0 Å². The predicted molar refractivity (Wildman–Crippen MR) is 126 cm³/mol. The van der Waals surface area contributed by atoms with Crippen molar-refractivity contribution in [1.29, 1.82) is 0 Å². The Kier molecular flexibility index (Phi) is 6.26. The van der Waals surface area contributed by atoms with Gasteiger partial charge in [-0.1, -0.05) is 30.2 Å². The van der Waals surface area contributed by atoms with E-state index in [0.717, 1.165) is 42.5 Å². The van der Waals surface area contributed by atoms with Gasteiger partial charge in [0.05, 0.1) is 11.4 Å². The molecule has 31 heavy (non-hydrogen) atoms. The molecule has 0 spiro atoms. The second-order valence-electron chi connectivity index (χ2n) is 9.21. The van der Waals surface area contributed by atoms with Gasteiger partial charge in [-0.3, -0.25) is 9.80 Å². The third-order valence-corrected chi connectivity index (χ3v) is 7.17. The summed E-state index contributed by atoms with van der Waals surface area (Å²) in [7, 11) is 0. The van der Waals surface area contributed by atoms with Crippen molar-refractivity contribution in [1.82, 2.24) is 24.4 Å². The van der Waals surface area contributed by atoms with Crippen molar-refractivity contribution in [2.45, 2.75) is 58.0 Å². The van der Waals surface area contributed by atoms with Crippen LogP contribution in [0.15, 0.2) is 36.5 Å². The molecule has 2 aliphatic rings. The normalized spacial score (nSPS) is 21.0. The fourth-order valence-corrected chi connectivity index (χ4v) is 5.36. The molecule has 5 rings (SSSR count). The molecule has 0 aliphatic carbocycles. The van der Waals surface area contributed by atoms with E-state index in [1.54, 1.807) is 0 Å². The number of likely N-dealkylation sites (tertiary alicyclic amines) is 2.